The van der Waals surface area contributed by atoms with Crippen molar-refractivity contribution in [1.82, 2.24) is 4.98 Å². The van der Waals surface area contributed by atoms with E-state index in [2.05, 4.69) is 30.7 Å². The third-order valence-electron chi connectivity index (χ3n) is 2.89. The first kappa shape index (κ1) is 12.0. The average molecular weight is 208 g/mol. The molecular weight excluding hydrogens is 188 g/mol. The highest BCUT2D eigenvalue weighted by molar-refractivity contribution is 5.39. The minimum atomic E-state index is -0.00224. The van der Waals surface area contributed by atoms with Crippen LogP contribution in [0.5, 0.6) is 0 Å². The minimum Gasteiger partial charge on any atom is -0.390 e. The Labute approximate surface area is 91.8 Å². The zero-order chi connectivity index (χ0) is 11.4. The van der Waals surface area contributed by atoms with E-state index in [-0.39, 0.29) is 6.61 Å². The van der Waals surface area contributed by atoms with Gasteiger partial charge in [0.15, 0.2) is 0 Å². The van der Waals surface area contributed by atoms with Gasteiger partial charge in [-0.15, -0.1) is 0 Å². The zero-order valence-corrected chi connectivity index (χ0v) is 9.94. The third-order valence-corrected chi connectivity index (χ3v) is 2.89. The van der Waals surface area contributed by atoms with Gasteiger partial charge in [0, 0.05) is 13.1 Å². The van der Waals surface area contributed by atoms with Crippen molar-refractivity contribution in [3.8, 4) is 0 Å². The molecule has 0 radical (unpaired) electrons. The van der Waals surface area contributed by atoms with Crippen molar-refractivity contribution in [1.29, 1.82) is 0 Å². The highest BCUT2D eigenvalue weighted by Crippen LogP contribution is 2.16. The van der Waals surface area contributed by atoms with Gasteiger partial charge >= 0.3 is 0 Å². The van der Waals surface area contributed by atoms with E-state index in [1.54, 1.807) is 0 Å². The summed E-state index contributed by atoms with van der Waals surface area (Å²) in [6.07, 6.45) is 0. The van der Waals surface area contributed by atoms with Gasteiger partial charge in [0.05, 0.1) is 12.3 Å². The Bertz CT molecular complexity index is 312. The molecule has 1 aromatic heterocycles. The second-order valence-electron chi connectivity index (χ2n) is 4.24. The Morgan fingerprint density at radius 3 is 2.53 bits per heavy atom. The smallest absolute Gasteiger partial charge is 0.128 e. The number of aliphatic hydroxyl groups excluding tert-OH is 1. The maximum atomic E-state index is 9.01. The van der Waals surface area contributed by atoms with Gasteiger partial charge in [0.1, 0.15) is 5.82 Å². The van der Waals surface area contributed by atoms with Gasteiger partial charge in [-0.1, -0.05) is 19.9 Å². The molecule has 0 aromatic carbocycles. The van der Waals surface area contributed by atoms with E-state index in [1.165, 1.54) is 0 Å². The number of nitrogens with zero attached hydrogens (tertiary/aromatic N) is 2. The largest absolute Gasteiger partial charge is 0.390 e. The van der Waals surface area contributed by atoms with Crippen molar-refractivity contribution < 1.29 is 5.11 Å². The van der Waals surface area contributed by atoms with Gasteiger partial charge in [-0.2, -0.15) is 0 Å². The SMILES string of the molecule is CC(C)C(C)N(C)c1cccc(CO)n1. The molecule has 1 atom stereocenters. The van der Waals surface area contributed by atoms with Gasteiger partial charge < -0.3 is 10.0 Å². The molecule has 0 bridgehead atoms. The fourth-order valence-electron chi connectivity index (χ4n) is 1.41. The molecule has 1 heterocycles. The van der Waals surface area contributed by atoms with Crippen LogP contribution in [0.25, 0.3) is 0 Å². The number of aliphatic hydroxyl groups is 1. The van der Waals surface area contributed by atoms with Crippen LogP contribution in [0, 0.1) is 5.92 Å². The predicted octanol–water partition coefficient (Wildman–Crippen LogP) is 2.05. The summed E-state index contributed by atoms with van der Waals surface area (Å²) in [6, 6.07) is 6.17. The molecule has 3 heteroatoms. The normalized spacial score (nSPS) is 12.9. The quantitative estimate of drug-likeness (QED) is 0.822. The Morgan fingerprint density at radius 1 is 1.33 bits per heavy atom. The standard InChI is InChI=1S/C12H20N2O/c1-9(2)10(3)14(4)12-7-5-6-11(8-15)13-12/h5-7,9-10,15H,8H2,1-4H3. The molecule has 0 fully saturated rings. The lowest BCUT2D eigenvalue weighted by Gasteiger charge is -2.29. The molecule has 3 nitrogen and oxygen atoms in total. The summed E-state index contributed by atoms with van der Waals surface area (Å²) >= 11 is 0. The maximum Gasteiger partial charge on any atom is 0.128 e. The number of hydrogen-bond donors (Lipinski definition) is 1. The second-order valence-corrected chi connectivity index (χ2v) is 4.24. The number of rotatable bonds is 4. The second kappa shape index (κ2) is 5.12. The lowest BCUT2D eigenvalue weighted by molar-refractivity contribution is 0.277. The third kappa shape index (κ3) is 2.93. The summed E-state index contributed by atoms with van der Waals surface area (Å²) in [4.78, 5) is 6.51. The molecule has 1 rings (SSSR count). The number of anilines is 1. The van der Waals surface area contributed by atoms with Crippen LogP contribution in [0.3, 0.4) is 0 Å². The summed E-state index contributed by atoms with van der Waals surface area (Å²) in [5.41, 5.74) is 0.718. The molecule has 0 aliphatic rings. The van der Waals surface area contributed by atoms with Crippen LogP contribution in [-0.4, -0.2) is 23.2 Å². The molecule has 15 heavy (non-hydrogen) atoms. The van der Waals surface area contributed by atoms with Crippen LogP contribution in [0.15, 0.2) is 18.2 Å². The molecular formula is C12H20N2O. The number of aromatic nitrogens is 1. The topological polar surface area (TPSA) is 36.4 Å². The molecule has 1 aromatic rings. The highest BCUT2D eigenvalue weighted by Gasteiger charge is 2.14. The molecule has 0 aliphatic heterocycles. The summed E-state index contributed by atoms with van der Waals surface area (Å²) < 4.78 is 0. The number of pyridine rings is 1. The summed E-state index contributed by atoms with van der Waals surface area (Å²) in [5, 5.41) is 9.01. The monoisotopic (exact) mass is 208 g/mol. The Morgan fingerprint density at radius 2 is 2.00 bits per heavy atom. The van der Waals surface area contributed by atoms with Crippen molar-refractivity contribution >= 4 is 5.82 Å². The minimum absolute atomic E-state index is 0.00224. The van der Waals surface area contributed by atoms with E-state index in [4.69, 9.17) is 5.11 Å². The van der Waals surface area contributed by atoms with Crippen molar-refractivity contribution in [2.45, 2.75) is 33.4 Å². The van der Waals surface area contributed by atoms with Gasteiger partial charge in [-0.05, 0) is 25.0 Å². The van der Waals surface area contributed by atoms with Crippen LogP contribution in [0.2, 0.25) is 0 Å². The van der Waals surface area contributed by atoms with Crippen molar-refractivity contribution in [2.24, 2.45) is 5.92 Å². The molecule has 84 valence electrons. The van der Waals surface area contributed by atoms with Gasteiger partial charge in [0.2, 0.25) is 0 Å². The van der Waals surface area contributed by atoms with Crippen LogP contribution < -0.4 is 4.90 Å². The van der Waals surface area contributed by atoms with Crippen molar-refractivity contribution in [3.05, 3.63) is 23.9 Å². The fourth-order valence-corrected chi connectivity index (χ4v) is 1.41. The first-order valence-electron chi connectivity index (χ1n) is 5.36. The summed E-state index contributed by atoms with van der Waals surface area (Å²) in [5.74, 6) is 1.50. The fraction of sp³-hybridized carbons (Fsp3) is 0.583. The molecule has 0 aliphatic carbocycles. The van der Waals surface area contributed by atoms with Crippen LogP contribution in [0.1, 0.15) is 26.5 Å². The number of hydrogen-bond acceptors (Lipinski definition) is 3. The van der Waals surface area contributed by atoms with E-state index in [1.807, 2.05) is 25.2 Å². The summed E-state index contributed by atoms with van der Waals surface area (Å²) in [6.45, 7) is 6.56. The van der Waals surface area contributed by atoms with Crippen LogP contribution in [-0.2, 0) is 6.61 Å². The Balaban J connectivity index is 2.85. The van der Waals surface area contributed by atoms with E-state index in [0.717, 1.165) is 11.5 Å². The highest BCUT2D eigenvalue weighted by atomic mass is 16.3. The maximum absolute atomic E-state index is 9.01. The van der Waals surface area contributed by atoms with Crippen LogP contribution >= 0.6 is 0 Å². The molecule has 1 N–H and O–H groups in total. The Kier molecular flexibility index (Phi) is 4.09. The molecule has 0 saturated carbocycles. The van der Waals surface area contributed by atoms with E-state index in [9.17, 15) is 0 Å². The zero-order valence-electron chi connectivity index (χ0n) is 9.94. The van der Waals surface area contributed by atoms with E-state index < -0.39 is 0 Å². The van der Waals surface area contributed by atoms with E-state index >= 15 is 0 Å². The van der Waals surface area contributed by atoms with Crippen molar-refractivity contribution in [2.75, 3.05) is 11.9 Å². The predicted molar refractivity (Wildman–Crippen MR) is 62.9 cm³/mol. The van der Waals surface area contributed by atoms with Gasteiger partial charge in [-0.3, -0.25) is 0 Å². The van der Waals surface area contributed by atoms with Crippen molar-refractivity contribution in [3.63, 3.8) is 0 Å². The first-order valence-corrected chi connectivity index (χ1v) is 5.36. The molecule has 0 amide bonds. The lowest BCUT2D eigenvalue weighted by atomic mass is 10.1. The Hall–Kier alpha value is -1.09. The molecule has 1 unspecified atom stereocenters. The molecule has 0 saturated heterocycles. The van der Waals surface area contributed by atoms with Gasteiger partial charge in [0.25, 0.3) is 0 Å². The molecule has 0 spiro atoms. The van der Waals surface area contributed by atoms with Crippen LogP contribution in [0.4, 0.5) is 5.82 Å². The lowest BCUT2D eigenvalue weighted by Crippen LogP contribution is -2.33. The van der Waals surface area contributed by atoms with Gasteiger partial charge in [-0.25, -0.2) is 4.98 Å². The van der Waals surface area contributed by atoms with E-state index in [0.29, 0.717) is 12.0 Å². The average Bonchev–Trinajstić information content (AvgIpc) is 2.27. The first-order chi connectivity index (χ1) is 7.06. The summed E-state index contributed by atoms with van der Waals surface area (Å²) in [7, 11) is 2.04.